The fourth-order valence-corrected chi connectivity index (χ4v) is 2.44. The van der Waals surface area contributed by atoms with Crippen LogP contribution in [-0.2, 0) is 6.42 Å². The number of benzene rings is 2. The molecule has 1 atom stereocenters. The molecular formula is C16H19ClN2O2. The standard InChI is InChI=1S/C16H19ClN2O2/c1-20-15-8-7-12(10-16(15)21-2)14(19-18)9-11-5-3-4-6-13(11)17/h3-8,10,14,19H,9,18H2,1-2H3. The Labute approximate surface area is 129 Å². The van der Waals surface area contributed by atoms with Gasteiger partial charge in [-0.1, -0.05) is 35.9 Å². The van der Waals surface area contributed by atoms with Gasteiger partial charge >= 0.3 is 0 Å². The summed E-state index contributed by atoms with van der Waals surface area (Å²) in [7, 11) is 3.22. The number of ether oxygens (including phenoxy) is 2. The zero-order valence-electron chi connectivity index (χ0n) is 12.1. The normalized spacial score (nSPS) is 12.0. The van der Waals surface area contributed by atoms with Gasteiger partial charge in [0, 0.05) is 5.02 Å². The number of methoxy groups -OCH3 is 2. The van der Waals surface area contributed by atoms with Gasteiger partial charge in [-0.2, -0.15) is 0 Å². The summed E-state index contributed by atoms with van der Waals surface area (Å²) in [6.07, 6.45) is 0.686. The summed E-state index contributed by atoms with van der Waals surface area (Å²) in [4.78, 5) is 0. The van der Waals surface area contributed by atoms with Gasteiger partial charge in [0.25, 0.3) is 0 Å². The van der Waals surface area contributed by atoms with E-state index in [1.54, 1.807) is 14.2 Å². The van der Waals surface area contributed by atoms with Crippen LogP contribution in [0.25, 0.3) is 0 Å². The molecule has 3 N–H and O–H groups in total. The van der Waals surface area contributed by atoms with Gasteiger partial charge < -0.3 is 9.47 Å². The average molecular weight is 307 g/mol. The van der Waals surface area contributed by atoms with Crippen molar-refractivity contribution in [3.05, 3.63) is 58.6 Å². The Kier molecular flexibility index (Phi) is 5.44. The lowest BCUT2D eigenvalue weighted by molar-refractivity contribution is 0.353. The molecule has 0 fully saturated rings. The zero-order chi connectivity index (χ0) is 15.2. The predicted molar refractivity (Wildman–Crippen MR) is 84.8 cm³/mol. The SMILES string of the molecule is COc1ccc(C(Cc2ccccc2Cl)NN)cc1OC. The van der Waals surface area contributed by atoms with Gasteiger partial charge in [-0.05, 0) is 35.7 Å². The minimum atomic E-state index is -0.0651. The topological polar surface area (TPSA) is 56.5 Å². The number of halogens is 1. The van der Waals surface area contributed by atoms with Crippen molar-refractivity contribution < 1.29 is 9.47 Å². The van der Waals surface area contributed by atoms with E-state index >= 15 is 0 Å². The molecule has 0 heterocycles. The Bertz CT molecular complexity index is 605. The van der Waals surface area contributed by atoms with E-state index in [1.807, 2.05) is 42.5 Å². The lowest BCUT2D eigenvalue weighted by atomic mass is 9.99. The van der Waals surface area contributed by atoms with E-state index in [1.165, 1.54) is 0 Å². The van der Waals surface area contributed by atoms with Crippen LogP contribution in [0.4, 0.5) is 0 Å². The minimum absolute atomic E-state index is 0.0651. The van der Waals surface area contributed by atoms with Crippen molar-refractivity contribution >= 4 is 11.6 Å². The van der Waals surface area contributed by atoms with E-state index in [0.29, 0.717) is 17.9 Å². The summed E-state index contributed by atoms with van der Waals surface area (Å²) in [6.45, 7) is 0. The van der Waals surface area contributed by atoms with E-state index in [2.05, 4.69) is 5.43 Å². The third-order valence-corrected chi connectivity index (χ3v) is 3.76. The maximum atomic E-state index is 6.21. The van der Waals surface area contributed by atoms with Crippen molar-refractivity contribution in [1.29, 1.82) is 0 Å². The molecule has 0 radical (unpaired) electrons. The van der Waals surface area contributed by atoms with Crippen LogP contribution in [0.5, 0.6) is 11.5 Å². The molecule has 0 saturated carbocycles. The Hall–Kier alpha value is -1.75. The van der Waals surface area contributed by atoms with E-state index in [0.717, 1.165) is 16.1 Å². The molecular weight excluding hydrogens is 288 g/mol. The van der Waals surface area contributed by atoms with Gasteiger partial charge in [0.05, 0.1) is 20.3 Å². The molecule has 0 bridgehead atoms. The molecule has 4 nitrogen and oxygen atoms in total. The van der Waals surface area contributed by atoms with Crippen molar-refractivity contribution in [2.24, 2.45) is 5.84 Å². The van der Waals surface area contributed by atoms with Crippen LogP contribution in [0.3, 0.4) is 0 Å². The van der Waals surface area contributed by atoms with Crippen molar-refractivity contribution in [3.63, 3.8) is 0 Å². The van der Waals surface area contributed by atoms with Crippen LogP contribution in [-0.4, -0.2) is 14.2 Å². The average Bonchev–Trinajstić information content (AvgIpc) is 2.53. The van der Waals surface area contributed by atoms with Crippen molar-refractivity contribution in [3.8, 4) is 11.5 Å². The smallest absolute Gasteiger partial charge is 0.161 e. The highest BCUT2D eigenvalue weighted by Gasteiger charge is 2.15. The Balaban J connectivity index is 2.27. The van der Waals surface area contributed by atoms with Gasteiger partial charge in [0.1, 0.15) is 0 Å². The lowest BCUT2D eigenvalue weighted by Crippen LogP contribution is -2.29. The monoisotopic (exact) mass is 306 g/mol. The number of nitrogens with two attached hydrogens (primary N) is 1. The summed E-state index contributed by atoms with van der Waals surface area (Å²) >= 11 is 6.21. The first-order valence-corrected chi connectivity index (χ1v) is 6.98. The first-order valence-electron chi connectivity index (χ1n) is 6.61. The molecule has 0 saturated heterocycles. The zero-order valence-corrected chi connectivity index (χ0v) is 12.9. The number of hydrazine groups is 1. The largest absolute Gasteiger partial charge is 0.493 e. The van der Waals surface area contributed by atoms with E-state index in [-0.39, 0.29) is 6.04 Å². The van der Waals surface area contributed by atoms with Crippen molar-refractivity contribution in [2.45, 2.75) is 12.5 Å². The van der Waals surface area contributed by atoms with Crippen molar-refractivity contribution in [2.75, 3.05) is 14.2 Å². The molecule has 1 unspecified atom stereocenters. The molecule has 2 aromatic carbocycles. The van der Waals surface area contributed by atoms with Gasteiger partial charge in [0.15, 0.2) is 11.5 Å². The first-order chi connectivity index (χ1) is 10.2. The molecule has 21 heavy (non-hydrogen) atoms. The molecule has 0 spiro atoms. The molecule has 0 aromatic heterocycles. The highest BCUT2D eigenvalue weighted by Crippen LogP contribution is 2.31. The Morgan fingerprint density at radius 1 is 1.10 bits per heavy atom. The Morgan fingerprint density at radius 2 is 1.81 bits per heavy atom. The van der Waals surface area contributed by atoms with E-state index < -0.39 is 0 Å². The summed E-state index contributed by atoms with van der Waals surface area (Å²) in [5.74, 6) is 7.06. The van der Waals surface area contributed by atoms with Crippen molar-refractivity contribution in [1.82, 2.24) is 5.43 Å². The molecule has 5 heteroatoms. The molecule has 2 rings (SSSR count). The lowest BCUT2D eigenvalue weighted by Gasteiger charge is -2.19. The van der Waals surface area contributed by atoms with Crippen LogP contribution in [0.15, 0.2) is 42.5 Å². The molecule has 112 valence electrons. The highest BCUT2D eigenvalue weighted by atomic mass is 35.5. The summed E-state index contributed by atoms with van der Waals surface area (Å²) < 4.78 is 10.6. The number of hydrogen-bond acceptors (Lipinski definition) is 4. The number of rotatable bonds is 6. The fraction of sp³-hybridized carbons (Fsp3) is 0.250. The molecule has 0 amide bonds. The van der Waals surface area contributed by atoms with Crippen LogP contribution < -0.4 is 20.7 Å². The predicted octanol–water partition coefficient (Wildman–Crippen LogP) is 3.10. The highest BCUT2D eigenvalue weighted by molar-refractivity contribution is 6.31. The molecule has 2 aromatic rings. The fourth-order valence-electron chi connectivity index (χ4n) is 2.23. The van der Waals surface area contributed by atoms with Gasteiger partial charge in [0.2, 0.25) is 0 Å². The van der Waals surface area contributed by atoms with E-state index in [4.69, 9.17) is 26.9 Å². The van der Waals surface area contributed by atoms with E-state index in [9.17, 15) is 0 Å². The molecule has 0 aliphatic rings. The number of hydrogen-bond donors (Lipinski definition) is 2. The third kappa shape index (κ3) is 3.67. The van der Waals surface area contributed by atoms with Gasteiger partial charge in [-0.3, -0.25) is 11.3 Å². The second-order valence-electron chi connectivity index (χ2n) is 4.63. The molecule has 0 aliphatic carbocycles. The minimum Gasteiger partial charge on any atom is -0.493 e. The maximum absolute atomic E-state index is 6.21. The summed E-state index contributed by atoms with van der Waals surface area (Å²) in [6, 6.07) is 13.4. The molecule has 0 aliphatic heterocycles. The third-order valence-electron chi connectivity index (χ3n) is 3.39. The van der Waals surface area contributed by atoms with Crippen LogP contribution in [0.1, 0.15) is 17.2 Å². The van der Waals surface area contributed by atoms with Crippen LogP contribution in [0.2, 0.25) is 5.02 Å². The maximum Gasteiger partial charge on any atom is 0.161 e. The number of nitrogens with one attached hydrogen (secondary N) is 1. The van der Waals surface area contributed by atoms with Gasteiger partial charge in [-0.25, -0.2) is 0 Å². The summed E-state index contributed by atoms with van der Waals surface area (Å²) in [5.41, 5.74) is 4.88. The second-order valence-corrected chi connectivity index (χ2v) is 5.04. The first kappa shape index (κ1) is 15.6. The Morgan fingerprint density at radius 3 is 2.43 bits per heavy atom. The summed E-state index contributed by atoms with van der Waals surface area (Å²) in [5, 5.41) is 0.734. The van der Waals surface area contributed by atoms with Crippen LogP contribution >= 0.6 is 11.6 Å². The quantitative estimate of drug-likeness (QED) is 0.636. The van der Waals surface area contributed by atoms with Crippen LogP contribution in [0, 0.1) is 0 Å². The van der Waals surface area contributed by atoms with Gasteiger partial charge in [-0.15, -0.1) is 0 Å². The second kappa shape index (κ2) is 7.31.